The lowest BCUT2D eigenvalue weighted by Crippen LogP contribution is -2.41. The number of anilines is 4. The zero-order valence-corrected chi connectivity index (χ0v) is 44.1. The molecular formula is C56H54Cl6N6O3. The van der Waals surface area contributed by atoms with Crippen molar-refractivity contribution in [1.82, 2.24) is 20.4 Å². The van der Waals surface area contributed by atoms with E-state index in [4.69, 9.17) is 69.6 Å². The number of amides is 5. The van der Waals surface area contributed by atoms with Crippen molar-refractivity contribution in [2.45, 2.75) is 77.3 Å². The standard InChI is InChI=1S/C28H26Cl3N3O2.C28H28Cl3N3O/c1-2-33-13-12-17(10-11-26(33)35)18-14-20(19-6-3-4-7-22(19)29)21-16-32-28(36)34(25(21)15-18)27-23(30)8-5-9-24(27)31;1-2-33-13-6-7-18(12-14-33)19-15-21(20-8-3-4-9-23(20)29)22-17-32-28(35)34(26(22)16-19)27-24(30)10-5-11-25(27)31/h3-9,14-15,17H,2,10-13,16H2,1H3,(H,32,36);3-5,8-11,15-16,18H,2,6-7,12-14,17H2,1H3,(H,32,35). The highest BCUT2D eigenvalue weighted by molar-refractivity contribution is 6.41. The molecule has 4 aliphatic heterocycles. The molecular weight excluding hydrogens is 1020 g/mol. The van der Waals surface area contributed by atoms with Crippen LogP contribution in [0, 0.1) is 0 Å². The molecule has 6 aromatic rings. The van der Waals surface area contributed by atoms with Gasteiger partial charge in [0.05, 0.1) is 42.8 Å². The van der Waals surface area contributed by atoms with E-state index in [-0.39, 0.29) is 23.9 Å². The summed E-state index contributed by atoms with van der Waals surface area (Å²) in [6, 6.07) is 34.2. The molecule has 2 atom stereocenters. The molecule has 0 aromatic heterocycles. The summed E-state index contributed by atoms with van der Waals surface area (Å²) in [5.74, 6) is 0.741. The number of nitrogens with one attached hydrogen (secondary N) is 2. The van der Waals surface area contributed by atoms with Gasteiger partial charge in [0.2, 0.25) is 5.91 Å². The van der Waals surface area contributed by atoms with Crippen LogP contribution in [-0.4, -0.2) is 60.5 Å². The predicted molar refractivity (Wildman–Crippen MR) is 293 cm³/mol. The van der Waals surface area contributed by atoms with E-state index < -0.39 is 0 Å². The Kier molecular flexibility index (Phi) is 16.1. The van der Waals surface area contributed by atoms with Crippen molar-refractivity contribution in [2.24, 2.45) is 0 Å². The summed E-state index contributed by atoms with van der Waals surface area (Å²) in [4.78, 5) is 46.7. The number of rotatable bonds is 8. The van der Waals surface area contributed by atoms with Gasteiger partial charge >= 0.3 is 12.1 Å². The van der Waals surface area contributed by atoms with E-state index in [1.54, 1.807) is 46.2 Å². The molecule has 0 aliphatic carbocycles. The van der Waals surface area contributed by atoms with E-state index in [1.165, 1.54) is 5.56 Å². The molecule has 9 nitrogen and oxygen atoms in total. The summed E-state index contributed by atoms with van der Waals surface area (Å²) in [6.45, 7) is 9.66. The highest BCUT2D eigenvalue weighted by Gasteiger charge is 2.35. The fourth-order valence-corrected chi connectivity index (χ4v) is 12.1. The number of hydrogen-bond donors (Lipinski definition) is 2. The highest BCUT2D eigenvalue weighted by atomic mass is 35.5. The van der Waals surface area contributed by atoms with Crippen LogP contribution in [0.2, 0.25) is 30.1 Å². The second-order valence-electron chi connectivity index (χ2n) is 18.3. The second-order valence-corrected chi connectivity index (χ2v) is 20.7. The first-order valence-electron chi connectivity index (χ1n) is 24.2. The Bertz CT molecular complexity index is 2960. The first-order chi connectivity index (χ1) is 34.4. The molecule has 2 N–H and O–H groups in total. The van der Waals surface area contributed by atoms with Crippen LogP contribution in [0.3, 0.4) is 0 Å². The van der Waals surface area contributed by atoms with Crippen molar-refractivity contribution in [3.63, 3.8) is 0 Å². The normalized spacial score (nSPS) is 18.4. The minimum Gasteiger partial charge on any atom is -0.343 e. The largest absolute Gasteiger partial charge is 0.343 e. The monoisotopic (exact) mass is 1070 g/mol. The van der Waals surface area contributed by atoms with E-state index >= 15 is 0 Å². The lowest BCUT2D eigenvalue weighted by Gasteiger charge is -2.34. The predicted octanol–water partition coefficient (Wildman–Crippen LogP) is 16.1. The van der Waals surface area contributed by atoms with Crippen LogP contribution in [0.1, 0.15) is 86.5 Å². The van der Waals surface area contributed by atoms with Gasteiger partial charge in [-0.1, -0.05) is 137 Å². The summed E-state index contributed by atoms with van der Waals surface area (Å²) < 4.78 is 0. The van der Waals surface area contributed by atoms with Crippen LogP contribution >= 0.6 is 69.6 Å². The van der Waals surface area contributed by atoms with Crippen LogP contribution in [-0.2, 0) is 17.9 Å². The van der Waals surface area contributed by atoms with Crippen LogP contribution < -0.4 is 20.4 Å². The molecule has 0 saturated carbocycles. The Morgan fingerprint density at radius 1 is 0.493 bits per heavy atom. The quantitative estimate of drug-likeness (QED) is 0.159. The fourth-order valence-electron chi connectivity index (χ4n) is 10.5. The molecule has 0 radical (unpaired) electrons. The molecule has 6 aromatic carbocycles. The van der Waals surface area contributed by atoms with Gasteiger partial charge in [0.15, 0.2) is 0 Å². The Morgan fingerprint density at radius 2 is 0.944 bits per heavy atom. The average Bonchev–Trinajstić information content (AvgIpc) is 3.73. The summed E-state index contributed by atoms with van der Waals surface area (Å²) in [7, 11) is 0. The highest BCUT2D eigenvalue weighted by Crippen LogP contribution is 2.49. The first-order valence-corrected chi connectivity index (χ1v) is 26.5. The van der Waals surface area contributed by atoms with Gasteiger partial charge in [-0.25, -0.2) is 9.59 Å². The van der Waals surface area contributed by atoms with Crippen molar-refractivity contribution in [3.05, 3.63) is 162 Å². The maximum Gasteiger partial charge on any atom is 0.326 e. The van der Waals surface area contributed by atoms with Gasteiger partial charge in [0.25, 0.3) is 0 Å². The lowest BCUT2D eigenvalue weighted by molar-refractivity contribution is -0.130. The number of benzene rings is 6. The number of likely N-dealkylation sites (tertiary alicyclic amines) is 2. The third-order valence-corrected chi connectivity index (χ3v) is 16.1. The van der Waals surface area contributed by atoms with Gasteiger partial charge in [0.1, 0.15) is 0 Å². The Labute approximate surface area is 445 Å². The summed E-state index contributed by atoms with van der Waals surface area (Å²) in [6.07, 6.45) is 5.42. The van der Waals surface area contributed by atoms with Crippen molar-refractivity contribution in [2.75, 3.05) is 42.5 Å². The minimum atomic E-state index is -0.298. The zero-order chi connectivity index (χ0) is 49.9. The molecule has 0 spiro atoms. The number of nitrogens with zero attached hydrogens (tertiary/aromatic N) is 4. The molecule has 15 heteroatoms. The number of hydrogen-bond acceptors (Lipinski definition) is 4. The molecule has 10 rings (SSSR count). The topological polar surface area (TPSA) is 88.2 Å². The van der Waals surface area contributed by atoms with Gasteiger partial charge < -0.3 is 20.4 Å². The van der Waals surface area contributed by atoms with Crippen molar-refractivity contribution >= 4 is 110 Å². The smallest absolute Gasteiger partial charge is 0.326 e. The van der Waals surface area contributed by atoms with E-state index in [9.17, 15) is 14.4 Å². The molecule has 4 heterocycles. The van der Waals surface area contributed by atoms with Gasteiger partial charge in [-0.15, -0.1) is 0 Å². The Morgan fingerprint density at radius 3 is 1.41 bits per heavy atom. The number of fused-ring (bicyclic) bond motifs is 2. The molecule has 2 saturated heterocycles. The number of para-hydroxylation sites is 2. The zero-order valence-electron chi connectivity index (χ0n) is 39.5. The maximum atomic E-state index is 13.3. The average molecular weight is 1070 g/mol. The number of carbonyl (C=O) groups is 3. The van der Waals surface area contributed by atoms with Crippen LogP contribution in [0.15, 0.2) is 109 Å². The van der Waals surface area contributed by atoms with E-state index in [2.05, 4.69) is 46.7 Å². The van der Waals surface area contributed by atoms with Gasteiger partial charge in [-0.05, 0) is 141 Å². The third-order valence-electron chi connectivity index (χ3n) is 14.3. The second kappa shape index (κ2) is 22.4. The molecule has 0 bridgehead atoms. The van der Waals surface area contributed by atoms with Crippen molar-refractivity contribution in [3.8, 4) is 22.3 Å². The molecule has 4 aliphatic rings. The molecule has 2 fully saturated rings. The van der Waals surface area contributed by atoms with E-state index in [1.807, 2.05) is 60.4 Å². The Balaban J connectivity index is 0.000000176. The van der Waals surface area contributed by atoms with Gasteiger partial charge in [-0.3, -0.25) is 14.6 Å². The fraction of sp³-hybridized carbons (Fsp3) is 0.304. The summed E-state index contributed by atoms with van der Waals surface area (Å²) in [5, 5.41) is 8.93. The maximum absolute atomic E-state index is 13.3. The van der Waals surface area contributed by atoms with Gasteiger partial charge in [-0.2, -0.15) is 0 Å². The SMILES string of the molecule is CCN1CCC(c2cc(-c3ccccc3Cl)c3c(c2)N(c2c(Cl)cccc2Cl)C(=O)NC3)CCC1=O.CCN1CCCC(c2cc(-c3ccccc3Cl)c3c(c2)N(c2c(Cl)cccc2Cl)C(=O)NC3)CC1. The van der Waals surface area contributed by atoms with Gasteiger partial charge in [0, 0.05) is 64.9 Å². The molecule has 71 heavy (non-hydrogen) atoms. The van der Waals surface area contributed by atoms with Crippen LogP contribution in [0.5, 0.6) is 0 Å². The third kappa shape index (κ3) is 10.6. The molecule has 5 amide bonds. The number of carbonyl (C=O) groups excluding carboxylic acids is 3. The lowest BCUT2D eigenvalue weighted by atomic mass is 9.86. The number of halogens is 6. The summed E-state index contributed by atoms with van der Waals surface area (Å²) in [5.41, 5.74) is 10.5. The van der Waals surface area contributed by atoms with E-state index in [0.717, 1.165) is 102 Å². The van der Waals surface area contributed by atoms with Crippen LogP contribution in [0.25, 0.3) is 22.3 Å². The Hall–Kier alpha value is -4.97. The van der Waals surface area contributed by atoms with E-state index in [0.29, 0.717) is 80.0 Å². The van der Waals surface area contributed by atoms with Crippen molar-refractivity contribution < 1.29 is 14.4 Å². The van der Waals surface area contributed by atoms with Crippen LogP contribution in [0.4, 0.5) is 32.3 Å². The minimum absolute atomic E-state index is 0.158. The first kappa shape index (κ1) is 51.0. The molecule has 2 unspecified atom stereocenters. The molecule has 368 valence electrons. The number of urea groups is 2. The van der Waals surface area contributed by atoms with Crippen molar-refractivity contribution in [1.29, 1.82) is 0 Å². The summed E-state index contributed by atoms with van der Waals surface area (Å²) >= 11 is 39.6.